The Balaban J connectivity index is 1.82. The number of allylic oxidation sites excluding steroid dienone is 4. The molecule has 0 spiro atoms. The molecular formula is C17H16N8O5S2. The minimum Gasteiger partial charge on any atom is -0.314 e. The van der Waals surface area contributed by atoms with Crippen LogP contribution in [-0.4, -0.2) is 67.5 Å². The van der Waals surface area contributed by atoms with Gasteiger partial charge in [0.2, 0.25) is 15.8 Å². The topological polar surface area (TPSA) is 202 Å². The lowest BCUT2D eigenvalue weighted by Crippen LogP contribution is -2.51. The molecule has 1 aliphatic carbocycles. The number of H-pyrrole nitrogens is 1. The summed E-state index contributed by atoms with van der Waals surface area (Å²) in [7, 11) is -8.60. The smallest absolute Gasteiger partial charge is 0.314 e. The highest BCUT2D eigenvalue weighted by Crippen LogP contribution is 2.40. The summed E-state index contributed by atoms with van der Waals surface area (Å²) in [6, 6.07) is 2.11. The van der Waals surface area contributed by atoms with Crippen molar-refractivity contribution in [1.29, 1.82) is 0 Å². The van der Waals surface area contributed by atoms with E-state index >= 15 is 0 Å². The Labute approximate surface area is 181 Å². The first-order valence-electron chi connectivity index (χ1n) is 9.34. The number of aliphatic imine (C=N–C) groups is 1. The molecule has 1 saturated heterocycles. The number of aromatic nitrogens is 4. The number of nitrogens with two attached hydrogens (primary N) is 1. The fourth-order valence-corrected chi connectivity index (χ4v) is 7.04. The third kappa shape index (κ3) is 3.17. The summed E-state index contributed by atoms with van der Waals surface area (Å²) in [6.45, 7) is 0.381. The van der Waals surface area contributed by atoms with Crippen LogP contribution in [0.1, 0.15) is 11.5 Å². The molecule has 0 radical (unpaired) electrons. The number of tetrazole rings is 1. The number of fused-ring (bicyclic) bond motifs is 1. The van der Waals surface area contributed by atoms with Crippen LogP contribution in [0.25, 0.3) is 11.4 Å². The van der Waals surface area contributed by atoms with Gasteiger partial charge in [-0.25, -0.2) is 26.8 Å². The quantitative estimate of drug-likeness (QED) is 0.415. The number of carbonyl (C=O) groups excluding carboxylic acids is 1. The van der Waals surface area contributed by atoms with Gasteiger partial charge in [0.25, 0.3) is 0 Å². The predicted molar refractivity (Wildman–Crippen MR) is 111 cm³/mol. The summed E-state index contributed by atoms with van der Waals surface area (Å²) in [5, 5.41) is 23.7. The first-order chi connectivity index (χ1) is 15.2. The molecule has 15 heteroatoms. The average Bonchev–Trinajstić information content (AvgIpc) is 3.32. The van der Waals surface area contributed by atoms with Crippen LogP contribution in [0.2, 0.25) is 0 Å². The number of benzene rings is 1. The second-order valence-corrected chi connectivity index (χ2v) is 11.0. The minimum absolute atomic E-state index is 0.118. The van der Waals surface area contributed by atoms with Crippen LogP contribution in [0.3, 0.4) is 0 Å². The fourth-order valence-electron chi connectivity index (χ4n) is 3.85. The van der Waals surface area contributed by atoms with Crippen molar-refractivity contribution in [2.45, 2.75) is 21.0 Å². The lowest BCUT2D eigenvalue weighted by Gasteiger charge is -2.28. The SMILES string of the molecule is NS(=O)(=O)c1c(S(=O)(=O)C2CNC2)ccc(C2C=CC=C3NC(=O)N=C32)c1-c1nn[nH]n1. The maximum Gasteiger partial charge on any atom is 0.345 e. The molecule has 1 aromatic carbocycles. The highest BCUT2D eigenvalue weighted by molar-refractivity contribution is 7.94. The van der Waals surface area contributed by atoms with Crippen LogP contribution >= 0.6 is 0 Å². The van der Waals surface area contributed by atoms with Crippen LogP contribution in [0.4, 0.5) is 4.79 Å². The summed E-state index contributed by atoms with van der Waals surface area (Å²) >= 11 is 0. The van der Waals surface area contributed by atoms with E-state index in [0.29, 0.717) is 17.0 Å². The van der Waals surface area contributed by atoms with Crippen molar-refractivity contribution in [2.75, 3.05) is 13.1 Å². The number of nitrogens with one attached hydrogen (secondary N) is 3. The highest BCUT2D eigenvalue weighted by atomic mass is 32.2. The molecule has 1 fully saturated rings. The number of rotatable bonds is 5. The molecule has 2 aliphatic heterocycles. The number of carbonyl (C=O) groups is 1. The van der Waals surface area contributed by atoms with Gasteiger partial charge in [0.05, 0.1) is 21.6 Å². The second kappa shape index (κ2) is 7.13. The van der Waals surface area contributed by atoms with Gasteiger partial charge in [-0.15, -0.1) is 10.2 Å². The molecule has 5 rings (SSSR count). The van der Waals surface area contributed by atoms with E-state index in [1.165, 1.54) is 12.1 Å². The number of hydrogen-bond acceptors (Lipinski definition) is 9. The molecule has 5 N–H and O–H groups in total. The Hall–Kier alpha value is -3.27. The number of sulfone groups is 1. The van der Waals surface area contributed by atoms with E-state index in [9.17, 15) is 21.6 Å². The average molecular weight is 477 g/mol. The van der Waals surface area contributed by atoms with Gasteiger partial charge in [0, 0.05) is 24.6 Å². The molecule has 3 heterocycles. The zero-order valence-electron chi connectivity index (χ0n) is 16.2. The third-order valence-corrected chi connectivity index (χ3v) is 8.72. The first kappa shape index (κ1) is 20.6. The van der Waals surface area contributed by atoms with E-state index in [-0.39, 0.29) is 24.5 Å². The predicted octanol–water partition coefficient (Wildman–Crippen LogP) is -1.04. The zero-order chi connectivity index (χ0) is 22.7. The number of primary sulfonamides is 1. The molecule has 166 valence electrons. The molecule has 1 aromatic heterocycles. The summed E-state index contributed by atoms with van der Waals surface area (Å²) in [5.41, 5.74) is 0.989. The molecule has 13 nitrogen and oxygen atoms in total. The van der Waals surface area contributed by atoms with Crippen LogP contribution in [-0.2, 0) is 19.9 Å². The van der Waals surface area contributed by atoms with Crippen LogP contribution in [0, 0.1) is 0 Å². The minimum atomic E-state index is -4.57. The lowest BCUT2D eigenvalue weighted by molar-refractivity contribution is 0.253. The van der Waals surface area contributed by atoms with Crippen molar-refractivity contribution in [3.05, 3.63) is 41.6 Å². The summed E-state index contributed by atoms with van der Waals surface area (Å²) in [4.78, 5) is 14.7. The molecule has 32 heavy (non-hydrogen) atoms. The number of amides is 2. The molecule has 2 aromatic rings. The van der Waals surface area contributed by atoms with Crippen molar-refractivity contribution >= 4 is 31.6 Å². The van der Waals surface area contributed by atoms with Gasteiger partial charge in [0.1, 0.15) is 4.90 Å². The van der Waals surface area contributed by atoms with E-state index in [0.717, 1.165) is 0 Å². The van der Waals surface area contributed by atoms with E-state index in [2.05, 4.69) is 36.3 Å². The molecule has 3 aliphatic rings. The van der Waals surface area contributed by atoms with Gasteiger partial charge < -0.3 is 10.6 Å². The van der Waals surface area contributed by atoms with Gasteiger partial charge in [-0.2, -0.15) is 10.2 Å². The summed E-state index contributed by atoms with van der Waals surface area (Å²) < 4.78 is 51.9. The number of sulfonamides is 1. The van der Waals surface area contributed by atoms with Crippen molar-refractivity contribution in [1.82, 2.24) is 31.3 Å². The molecule has 0 bridgehead atoms. The van der Waals surface area contributed by atoms with Crippen LogP contribution in [0.15, 0.2) is 50.8 Å². The molecular weight excluding hydrogens is 460 g/mol. The van der Waals surface area contributed by atoms with E-state index in [4.69, 9.17) is 5.14 Å². The largest absolute Gasteiger partial charge is 0.345 e. The maximum atomic E-state index is 13.2. The van der Waals surface area contributed by atoms with Gasteiger partial charge in [-0.1, -0.05) is 18.2 Å². The van der Waals surface area contributed by atoms with Crippen molar-refractivity contribution in [3.63, 3.8) is 0 Å². The number of aromatic amines is 1. The fraction of sp³-hybridized carbons (Fsp3) is 0.235. The van der Waals surface area contributed by atoms with E-state index < -0.39 is 46.9 Å². The Kier molecular flexibility index (Phi) is 4.59. The number of hydrogen-bond donors (Lipinski definition) is 4. The van der Waals surface area contributed by atoms with Gasteiger partial charge in [0.15, 0.2) is 9.84 Å². The maximum absolute atomic E-state index is 13.2. The lowest BCUT2D eigenvalue weighted by atomic mass is 9.86. The molecule has 1 atom stereocenters. The van der Waals surface area contributed by atoms with Gasteiger partial charge in [-0.05, 0) is 22.9 Å². The van der Waals surface area contributed by atoms with Crippen molar-refractivity contribution < 1.29 is 21.6 Å². The van der Waals surface area contributed by atoms with Crippen molar-refractivity contribution in [3.8, 4) is 11.4 Å². The molecule has 1 unspecified atom stereocenters. The van der Waals surface area contributed by atoms with Crippen LogP contribution < -0.4 is 15.8 Å². The van der Waals surface area contributed by atoms with E-state index in [1.54, 1.807) is 18.2 Å². The van der Waals surface area contributed by atoms with Gasteiger partial charge >= 0.3 is 6.03 Å². The number of urea groups is 1. The van der Waals surface area contributed by atoms with Gasteiger partial charge in [-0.3, -0.25) is 0 Å². The molecule has 2 amide bonds. The summed E-state index contributed by atoms with van der Waals surface area (Å²) in [5.74, 6) is -0.847. The second-order valence-electron chi connectivity index (χ2n) is 7.33. The zero-order valence-corrected chi connectivity index (χ0v) is 17.8. The standard InChI is InChI=1S/C17H16N8O5S2/c18-32(29,30)15-12(31(27,28)8-6-19-7-8)5-4-9(13(15)16-22-24-25-23-16)10-2-1-3-11-14(10)21-17(26)20-11/h1-5,8,10,19H,6-7H2,(H,20,26)(H2,18,29,30)(H,22,23,24,25). The Morgan fingerprint density at radius 2 is 1.91 bits per heavy atom. The number of nitrogens with zero attached hydrogens (tertiary/aromatic N) is 4. The monoisotopic (exact) mass is 476 g/mol. The first-order valence-corrected chi connectivity index (χ1v) is 12.4. The highest BCUT2D eigenvalue weighted by Gasteiger charge is 2.40. The summed E-state index contributed by atoms with van der Waals surface area (Å²) in [6.07, 6.45) is 5.02. The van der Waals surface area contributed by atoms with Crippen LogP contribution in [0.5, 0.6) is 0 Å². The normalized spacial score (nSPS) is 20.9. The van der Waals surface area contributed by atoms with Crippen molar-refractivity contribution in [2.24, 2.45) is 10.1 Å². The Morgan fingerprint density at radius 1 is 1.12 bits per heavy atom. The third-order valence-electron chi connectivity index (χ3n) is 5.43. The Bertz CT molecular complexity index is 1440. The van der Waals surface area contributed by atoms with E-state index in [1.807, 2.05) is 0 Å². The molecule has 0 saturated carbocycles. The Morgan fingerprint density at radius 3 is 2.53 bits per heavy atom.